The van der Waals surface area contributed by atoms with E-state index in [0.717, 1.165) is 17.7 Å². The highest BCUT2D eigenvalue weighted by molar-refractivity contribution is 6.06. The van der Waals surface area contributed by atoms with Crippen molar-refractivity contribution in [3.05, 3.63) is 90.1 Å². The first-order chi connectivity index (χ1) is 15.5. The zero-order chi connectivity index (χ0) is 22.2. The molecule has 0 radical (unpaired) electrons. The van der Waals surface area contributed by atoms with Crippen LogP contribution in [0.4, 0.5) is 15.8 Å². The van der Waals surface area contributed by atoms with Crippen LogP contribution in [0.25, 0.3) is 11.5 Å². The van der Waals surface area contributed by atoms with Crippen LogP contribution >= 0.6 is 0 Å². The minimum absolute atomic E-state index is 0.00235. The van der Waals surface area contributed by atoms with Gasteiger partial charge in [0.2, 0.25) is 5.91 Å². The lowest BCUT2D eigenvalue weighted by Gasteiger charge is -2.15. The van der Waals surface area contributed by atoms with E-state index < -0.39 is 5.82 Å². The fourth-order valence-electron chi connectivity index (χ4n) is 4.03. The Morgan fingerprint density at radius 1 is 1.03 bits per heavy atom. The SMILES string of the molecule is CC(=O)N1CCc2cc(NC(=O)c3cnn(-c4ccccc4F)c3-n3cccc3)ccc21. The predicted octanol–water partition coefficient (Wildman–Crippen LogP) is 3.96. The summed E-state index contributed by atoms with van der Waals surface area (Å²) >= 11 is 0. The summed E-state index contributed by atoms with van der Waals surface area (Å²) in [6.07, 6.45) is 5.72. The highest BCUT2D eigenvalue weighted by atomic mass is 19.1. The maximum absolute atomic E-state index is 14.5. The van der Waals surface area contributed by atoms with Gasteiger partial charge in [0.25, 0.3) is 5.91 Å². The average Bonchev–Trinajstić information content (AvgIpc) is 3.52. The fourth-order valence-corrected chi connectivity index (χ4v) is 4.03. The molecule has 3 heterocycles. The van der Waals surface area contributed by atoms with Gasteiger partial charge in [-0.25, -0.2) is 9.07 Å². The number of nitrogens with one attached hydrogen (secondary N) is 1. The molecule has 32 heavy (non-hydrogen) atoms. The van der Waals surface area contributed by atoms with E-state index in [2.05, 4.69) is 10.4 Å². The summed E-state index contributed by atoms with van der Waals surface area (Å²) in [7, 11) is 0. The summed E-state index contributed by atoms with van der Waals surface area (Å²) in [6, 6.07) is 15.4. The number of amides is 2. The molecule has 0 saturated carbocycles. The molecule has 0 fully saturated rings. The molecule has 0 unspecified atom stereocenters. The Labute approximate surface area is 183 Å². The van der Waals surface area contributed by atoms with Gasteiger partial charge in [-0.15, -0.1) is 0 Å². The number of carbonyl (C=O) groups is 2. The van der Waals surface area contributed by atoms with Crippen LogP contribution in [-0.4, -0.2) is 32.7 Å². The first-order valence-electron chi connectivity index (χ1n) is 10.2. The number of aromatic nitrogens is 3. The van der Waals surface area contributed by atoms with Crippen LogP contribution in [0.3, 0.4) is 0 Å². The van der Waals surface area contributed by atoms with Gasteiger partial charge in [-0.1, -0.05) is 12.1 Å². The Hall–Kier alpha value is -4.20. The van der Waals surface area contributed by atoms with Gasteiger partial charge in [-0.05, 0) is 54.4 Å². The van der Waals surface area contributed by atoms with Crippen molar-refractivity contribution in [2.45, 2.75) is 13.3 Å². The second-order valence-corrected chi connectivity index (χ2v) is 7.55. The quantitative estimate of drug-likeness (QED) is 0.534. The number of hydrogen-bond donors (Lipinski definition) is 1. The molecule has 0 bridgehead atoms. The van der Waals surface area contributed by atoms with Gasteiger partial charge < -0.3 is 14.8 Å². The highest BCUT2D eigenvalue weighted by Crippen LogP contribution is 2.31. The van der Waals surface area contributed by atoms with Crippen LogP contribution in [0, 0.1) is 5.82 Å². The molecule has 4 aromatic rings. The van der Waals surface area contributed by atoms with E-state index in [9.17, 15) is 14.0 Å². The monoisotopic (exact) mass is 429 g/mol. The first kappa shape index (κ1) is 19.7. The lowest BCUT2D eigenvalue weighted by atomic mass is 10.1. The number of anilines is 2. The largest absolute Gasteiger partial charge is 0.322 e. The van der Waals surface area contributed by atoms with Crippen molar-refractivity contribution in [2.24, 2.45) is 0 Å². The van der Waals surface area contributed by atoms with Crippen molar-refractivity contribution in [1.29, 1.82) is 0 Å². The number of para-hydroxylation sites is 1. The molecule has 2 aromatic carbocycles. The molecule has 1 aliphatic heterocycles. The molecular weight excluding hydrogens is 409 g/mol. The highest BCUT2D eigenvalue weighted by Gasteiger charge is 2.24. The third-order valence-corrected chi connectivity index (χ3v) is 5.53. The maximum Gasteiger partial charge on any atom is 0.261 e. The summed E-state index contributed by atoms with van der Waals surface area (Å²) in [5.41, 5.74) is 3.05. The number of rotatable bonds is 4. The van der Waals surface area contributed by atoms with Crippen LogP contribution in [0.1, 0.15) is 22.8 Å². The number of fused-ring (bicyclic) bond motifs is 1. The third-order valence-electron chi connectivity index (χ3n) is 5.53. The van der Waals surface area contributed by atoms with Gasteiger partial charge in [-0.3, -0.25) is 9.59 Å². The van der Waals surface area contributed by atoms with Gasteiger partial charge in [0, 0.05) is 37.2 Å². The minimum Gasteiger partial charge on any atom is -0.322 e. The Balaban J connectivity index is 1.50. The zero-order valence-corrected chi connectivity index (χ0v) is 17.3. The molecule has 0 aliphatic carbocycles. The fraction of sp³-hybridized carbons (Fsp3) is 0.125. The summed E-state index contributed by atoms with van der Waals surface area (Å²) in [6.45, 7) is 2.18. The summed E-state index contributed by atoms with van der Waals surface area (Å²) in [5, 5.41) is 7.21. The molecule has 160 valence electrons. The van der Waals surface area contributed by atoms with E-state index in [1.807, 2.05) is 24.3 Å². The smallest absolute Gasteiger partial charge is 0.261 e. The summed E-state index contributed by atoms with van der Waals surface area (Å²) in [5.74, 6) is -0.374. The van der Waals surface area contributed by atoms with Crippen LogP contribution in [0.15, 0.2) is 73.2 Å². The first-order valence-corrected chi connectivity index (χ1v) is 10.2. The van der Waals surface area contributed by atoms with Crippen LogP contribution in [-0.2, 0) is 11.2 Å². The zero-order valence-electron chi connectivity index (χ0n) is 17.3. The molecule has 2 amide bonds. The lowest BCUT2D eigenvalue weighted by Crippen LogP contribution is -2.25. The molecule has 1 aliphatic rings. The second kappa shape index (κ2) is 7.81. The van der Waals surface area contributed by atoms with Crippen molar-refractivity contribution >= 4 is 23.2 Å². The molecule has 2 aromatic heterocycles. The molecule has 1 N–H and O–H groups in total. The van der Waals surface area contributed by atoms with Crippen molar-refractivity contribution in [1.82, 2.24) is 14.3 Å². The number of carbonyl (C=O) groups excluding carboxylic acids is 2. The average molecular weight is 429 g/mol. The van der Waals surface area contributed by atoms with Gasteiger partial charge >= 0.3 is 0 Å². The Bertz CT molecular complexity index is 1330. The number of nitrogens with zero attached hydrogens (tertiary/aromatic N) is 4. The minimum atomic E-state index is -0.440. The molecule has 0 spiro atoms. The summed E-state index contributed by atoms with van der Waals surface area (Å²) < 4.78 is 17.6. The number of hydrogen-bond acceptors (Lipinski definition) is 3. The molecule has 5 rings (SSSR count). The van der Waals surface area contributed by atoms with Crippen molar-refractivity contribution in [3.8, 4) is 11.5 Å². The van der Waals surface area contributed by atoms with Crippen LogP contribution in [0.5, 0.6) is 0 Å². The van der Waals surface area contributed by atoms with E-state index in [4.69, 9.17) is 0 Å². The Kier molecular flexibility index (Phi) is 4.82. The second-order valence-electron chi connectivity index (χ2n) is 7.55. The Morgan fingerprint density at radius 2 is 1.81 bits per heavy atom. The molecule has 7 nitrogen and oxygen atoms in total. The van der Waals surface area contributed by atoms with E-state index in [1.165, 1.54) is 16.9 Å². The van der Waals surface area contributed by atoms with E-state index >= 15 is 0 Å². The van der Waals surface area contributed by atoms with E-state index in [-0.39, 0.29) is 17.5 Å². The number of benzene rings is 2. The molecule has 0 atom stereocenters. The van der Waals surface area contributed by atoms with Crippen molar-refractivity contribution in [3.63, 3.8) is 0 Å². The standard InChI is InChI=1S/C24H20FN5O2/c1-16(31)29-13-10-17-14-18(8-9-21(17)29)27-23(32)19-15-26-30(22-7-3-2-6-20(22)25)24(19)28-11-4-5-12-28/h2-9,11-12,14-15H,10,13H2,1H3,(H,27,32). The van der Waals surface area contributed by atoms with Crippen molar-refractivity contribution < 1.29 is 14.0 Å². The van der Waals surface area contributed by atoms with Crippen LogP contribution < -0.4 is 10.2 Å². The normalized spacial score (nSPS) is 12.6. The molecular formula is C24H20FN5O2. The molecule has 8 heteroatoms. The van der Waals surface area contributed by atoms with Gasteiger partial charge in [-0.2, -0.15) is 5.10 Å². The predicted molar refractivity (Wildman–Crippen MR) is 119 cm³/mol. The van der Waals surface area contributed by atoms with Crippen LogP contribution in [0.2, 0.25) is 0 Å². The summed E-state index contributed by atoms with van der Waals surface area (Å²) in [4.78, 5) is 26.7. The van der Waals surface area contributed by atoms with Gasteiger partial charge in [0.1, 0.15) is 17.1 Å². The lowest BCUT2D eigenvalue weighted by molar-refractivity contribution is -0.116. The maximum atomic E-state index is 14.5. The number of halogens is 1. The van der Waals surface area contributed by atoms with Gasteiger partial charge in [0.15, 0.2) is 5.82 Å². The van der Waals surface area contributed by atoms with Gasteiger partial charge in [0.05, 0.1) is 6.20 Å². The third kappa shape index (κ3) is 3.35. The van der Waals surface area contributed by atoms with Crippen molar-refractivity contribution in [2.75, 3.05) is 16.8 Å². The topological polar surface area (TPSA) is 72.2 Å². The Morgan fingerprint density at radius 3 is 2.56 bits per heavy atom. The van der Waals surface area contributed by atoms with E-state index in [1.54, 1.807) is 53.0 Å². The van der Waals surface area contributed by atoms with E-state index in [0.29, 0.717) is 23.6 Å². The molecule has 0 saturated heterocycles.